The summed E-state index contributed by atoms with van der Waals surface area (Å²) in [4.78, 5) is 12.4. The highest BCUT2D eigenvalue weighted by Gasteiger charge is 2.13. The Labute approximate surface area is 148 Å². The highest BCUT2D eigenvalue weighted by molar-refractivity contribution is 7.80. The van der Waals surface area contributed by atoms with Crippen LogP contribution in [0.2, 0.25) is 0 Å². The first-order valence-corrected chi connectivity index (χ1v) is 8.36. The molecule has 2 aromatic rings. The molecule has 0 aliphatic rings. The van der Waals surface area contributed by atoms with Gasteiger partial charge in [0.2, 0.25) is 0 Å². The van der Waals surface area contributed by atoms with E-state index in [1.807, 2.05) is 36.4 Å². The second-order valence-electron chi connectivity index (χ2n) is 5.80. The van der Waals surface area contributed by atoms with E-state index in [9.17, 15) is 4.79 Å². The molecule has 2 rings (SSSR count). The molecule has 2 N–H and O–H groups in total. The van der Waals surface area contributed by atoms with Gasteiger partial charge in [-0.1, -0.05) is 44.2 Å². The van der Waals surface area contributed by atoms with E-state index in [2.05, 4.69) is 24.5 Å². The van der Waals surface area contributed by atoms with Crippen LogP contribution >= 0.6 is 12.2 Å². The molecule has 0 unspecified atom stereocenters. The number of hydrogen-bond acceptors (Lipinski definition) is 3. The number of ether oxygens (including phenoxy) is 1. The van der Waals surface area contributed by atoms with Gasteiger partial charge in [-0.3, -0.25) is 10.1 Å². The Hall–Kier alpha value is -2.40. The van der Waals surface area contributed by atoms with Crippen LogP contribution in [-0.4, -0.2) is 17.6 Å². The summed E-state index contributed by atoms with van der Waals surface area (Å²) in [5.74, 6) is 0.829. The summed E-state index contributed by atoms with van der Waals surface area (Å²) in [5.41, 5.74) is 1.29. The zero-order valence-corrected chi connectivity index (χ0v) is 14.7. The largest absolute Gasteiger partial charge is 0.493 e. The minimum atomic E-state index is -0.288. The molecule has 0 heterocycles. The minimum absolute atomic E-state index is 0.253. The molecule has 2 aromatic carbocycles. The van der Waals surface area contributed by atoms with Crippen LogP contribution in [0.15, 0.2) is 54.6 Å². The van der Waals surface area contributed by atoms with Crippen molar-refractivity contribution in [1.29, 1.82) is 0 Å². The number of carbonyl (C=O) groups excluding carboxylic acids is 1. The average Bonchev–Trinajstić information content (AvgIpc) is 2.55. The lowest BCUT2D eigenvalue weighted by Gasteiger charge is -2.13. The summed E-state index contributed by atoms with van der Waals surface area (Å²) < 4.78 is 5.74. The van der Waals surface area contributed by atoms with Crippen LogP contribution < -0.4 is 15.4 Å². The van der Waals surface area contributed by atoms with Crippen molar-refractivity contribution in [3.8, 4) is 5.75 Å². The van der Waals surface area contributed by atoms with Gasteiger partial charge in [0.25, 0.3) is 5.91 Å². The molecule has 4 nitrogen and oxygen atoms in total. The van der Waals surface area contributed by atoms with Crippen molar-refractivity contribution in [3.63, 3.8) is 0 Å². The minimum Gasteiger partial charge on any atom is -0.493 e. The molecular weight excluding hydrogens is 320 g/mol. The Kier molecular flexibility index (Phi) is 6.75. The molecule has 0 aliphatic heterocycles. The quantitative estimate of drug-likeness (QED) is 0.771. The van der Waals surface area contributed by atoms with Gasteiger partial charge in [0.15, 0.2) is 5.11 Å². The monoisotopic (exact) mass is 342 g/mol. The topological polar surface area (TPSA) is 50.4 Å². The summed E-state index contributed by atoms with van der Waals surface area (Å²) in [5, 5.41) is 5.92. The fourth-order valence-electron chi connectivity index (χ4n) is 2.04. The Balaban J connectivity index is 1.97. The van der Waals surface area contributed by atoms with Crippen LogP contribution in [0.3, 0.4) is 0 Å². The normalized spacial score (nSPS) is 10.3. The van der Waals surface area contributed by atoms with Crippen LogP contribution in [0, 0.1) is 5.92 Å². The summed E-state index contributed by atoms with van der Waals surface area (Å²) in [7, 11) is 0. The van der Waals surface area contributed by atoms with Crippen molar-refractivity contribution in [3.05, 3.63) is 60.2 Å². The van der Waals surface area contributed by atoms with Crippen LogP contribution in [0.4, 0.5) is 5.69 Å². The van der Waals surface area contributed by atoms with E-state index in [4.69, 9.17) is 17.0 Å². The SMILES string of the molecule is CC(C)CCOc1ccccc1C(=O)NC(=S)Nc1ccccc1. The van der Waals surface area contributed by atoms with Gasteiger partial charge in [-0.2, -0.15) is 0 Å². The third-order valence-corrected chi connectivity index (χ3v) is 3.55. The molecular formula is C19H22N2O2S. The first-order chi connectivity index (χ1) is 11.6. The summed E-state index contributed by atoms with van der Waals surface area (Å²) >= 11 is 5.19. The molecule has 0 radical (unpaired) electrons. The highest BCUT2D eigenvalue weighted by Crippen LogP contribution is 2.18. The zero-order valence-electron chi connectivity index (χ0n) is 13.9. The number of nitrogens with one attached hydrogen (secondary N) is 2. The number of hydrogen-bond donors (Lipinski definition) is 2. The zero-order chi connectivity index (χ0) is 17.4. The molecule has 1 amide bonds. The van der Waals surface area contributed by atoms with E-state index in [1.165, 1.54) is 0 Å². The van der Waals surface area contributed by atoms with Gasteiger partial charge in [0.05, 0.1) is 12.2 Å². The molecule has 126 valence electrons. The second kappa shape index (κ2) is 9.03. The molecule has 0 saturated heterocycles. The van der Waals surface area contributed by atoms with E-state index >= 15 is 0 Å². The standard InChI is InChI=1S/C19H22N2O2S/c1-14(2)12-13-23-17-11-7-6-10-16(17)18(22)21-19(24)20-15-8-4-3-5-9-15/h3-11,14H,12-13H2,1-2H3,(H2,20,21,22,24). The van der Waals surface area contributed by atoms with Crippen molar-refractivity contribution in [1.82, 2.24) is 5.32 Å². The number of anilines is 1. The molecule has 5 heteroatoms. The van der Waals surface area contributed by atoms with Crippen molar-refractivity contribution >= 4 is 28.9 Å². The molecule has 0 spiro atoms. The molecule has 0 atom stereocenters. The van der Waals surface area contributed by atoms with E-state index in [0.717, 1.165) is 12.1 Å². The maximum absolute atomic E-state index is 12.4. The van der Waals surface area contributed by atoms with Gasteiger partial charge in [-0.25, -0.2) is 0 Å². The third-order valence-electron chi connectivity index (χ3n) is 3.34. The Morgan fingerprint density at radius 1 is 1.08 bits per heavy atom. The highest BCUT2D eigenvalue weighted by atomic mass is 32.1. The van der Waals surface area contributed by atoms with Crippen molar-refractivity contribution < 1.29 is 9.53 Å². The lowest BCUT2D eigenvalue weighted by molar-refractivity contribution is 0.0973. The first kappa shape index (κ1) is 17.9. The van der Waals surface area contributed by atoms with Gasteiger partial charge >= 0.3 is 0 Å². The van der Waals surface area contributed by atoms with E-state index in [0.29, 0.717) is 23.8 Å². The summed E-state index contributed by atoms with van der Waals surface area (Å²) in [6.07, 6.45) is 0.934. The fraction of sp³-hybridized carbons (Fsp3) is 0.263. The number of thiocarbonyl (C=S) groups is 1. The maximum Gasteiger partial charge on any atom is 0.261 e. The molecule has 24 heavy (non-hydrogen) atoms. The van der Waals surface area contributed by atoms with Crippen LogP contribution in [0.5, 0.6) is 5.75 Å². The lowest BCUT2D eigenvalue weighted by atomic mass is 10.1. The third kappa shape index (κ3) is 5.66. The summed E-state index contributed by atoms with van der Waals surface area (Å²) in [6, 6.07) is 16.6. The van der Waals surface area contributed by atoms with Crippen LogP contribution in [0.1, 0.15) is 30.6 Å². The van der Waals surface area contributed by atoms with Crippen LogP contribution in [0.25, 0.3) is 0 Å². The van der Waals surface area contributed by atoms with Crippen molar-refractivity contribution in [2.24, 2.45) is 5.92 Å². The number of benzene rings is 2. The lowest BCUT2D eigenvalue weighted by Crippen LogP contribution is -2.34. The van der Waals surface area contributed by atoms with Crippen molar-refractivity contribution in [2.45, 2.75) is 20.3 Å². The molecule has 0 aromatic heterocycles. The molecule has 0 aliphatic carbocycles. The van der Waals surface area contributed by atoms with Crippen LogP contribution in [-0.2, 0) is 0 Å². The predicted octanol–water partition coefficient (Wildman–Crippen LogP) is 4.24. The molecule has 0 fully saturated rings. The van der Waals surface area contributed by atoms with Crippen molar-refractivity contribution in [2.75, 3.05) is 11.9 Å². The van der Waals surface area contributed by atoms with E-state index < -0.39 is 0 Å². The van der Waals surface area contributed by atoms with Gasteiger partial charge in [0.1, 0.15) is 5.75 Å². The van der Waals surface area contributed by atoms with Gasteiger partial charge < -0.3 is 10.1 Å². The summed E-state index contributed by atoms with van der Waals surface area (Å²) in [6.45, 7) is 4.85. The number of para-hydroxylation sites is 2. The number of rotatable bonds is 6. The predicted molar refractivity (Wildman–Crippen MR) is 102 cm³/mol. The number of amides is 1. The first-order valence-electron chi connectivity index (χ1n) is 7.95. The Bertz CT molecular complexity index is 687. The van der Waals surface area contributed by atoms with Gasteiger partial charge in [-0.15, -0.1) is 0 Å². The molecule has 0 bridgehead atoms. The Morgan fingerprint density at radius 3 is 2.46 bits per heavy atom. The molecule has 0 saturated carbocycles. The van der Waals surface area contributed by atoms with E-state index in [1.54, 1.807) is 18.2 Å². The maximum atomic E-state index is 12.4. The van der Waals surface area contributed by atoms with E-state index in [-0.39, 0.29) is 11.0 Å². The van der Waals surface area contributed by atoms with Gasteiger partial charge in [0, 0.05) is 5.69 Å². The smallest absolute Gasteiger partial charge is 0.261 e. The number of carbonyl (C=O) groups is 1. The second-order valence-corrected chi connectivity index (χ2v) is 6.21. The Morgan fingerprint density at radius 2 is 1.75 bits per heavy atom. The van der Waals surface area contributed by atoms with Gasteiger partial charge in [-0.05, 0) is 48.8 Å². The average molecular weight is 342 g/mol. The fourth-order valence-corrected chi connectivity index (χ4v) is 2.25.